The summed E-state index contributed by atoms with van der Waals surface area (Å²) in [5.74, 6) is 2.68. The molecule has 2 amide bonds. The van der Waals surface area contributed by atoms with Crippen molar-refractivity contribution >= 4 is 11.7 Å². The molecule has 0 bridgehead atoms. The number of methoxy groups -OCH3 is 2. The maximum absolute atomic E-state index is 12.4. The highest BCUT2D eigenvalue weighted by Crippen LogP contribution is 2.34. The van der Waals surface area contributed by atoms with Crippen LogP contribution in [0.5, 0.6) is 23.0 Å². The Bertz CT molecular complexity index is 793. The van der Waals surface area contributed by atoms with Crippen molar-refractivity contribution < 1.29 is 23.7 Å². The lowest BCUT2D eigenvalue weighted by atomic mass is 10.1. The van der Waals surface area contributed by atoms with Crippen molar-refractivity contribution in [2.75, 3.05) is 39.9 Å². The Morgan fingerprint density at radius 3 is 2.62 bits per heavy atom. The number of urea groups is 1. The van der Waals surface area contributed by atoms with Gasteiger partial charge in [0.05, 0.1) is 14.2 Å². The SMILES string of the molecule is COc1ccc(CCN(C)C(=O)Nc2ccc3c(c2)OCO3)cc1OC. The molecule has 7 nitrogen and oxygen atoms in total. The number of anilines is 1. The Labute approximate surface area is 152 Å². The zero-order valence-electron chi connectivity index (χ0n) is 15.1. The summed E-state index contributed by atoms with van der Waals surface area (Å²) in [6, 6.07) is 10.9. The third-order valence-corrected chi connectivity index (χ3v) is 4.15. The molecule has 0 fully saturated rings. The lowest BCUT2D eigenvalue weighted by Gasteiger charge is -2.18. The van der Waals surface area contributed by atoms with Crippen molar-refractivity contribution in [2.45, 2.75) is 6.42 Å². The zero-order chi connectivity index (χ0) is 18.5. The second-order valence-corrected chi connectivity index (χ2v) is 5.86. The molecule has 3 rings (SSSR count). The molecule has 2 aromatic rings. The van der Waals surface area contributed by atoms with Crippen molar-refractivity contribution in [3.63, 3.8) is 0 Å². The number of likely N-dealkylation sites (N-methyl/N-ethyl adjacent to an activating group) is 1. The number of nitrogens with one attached hydrogen (secondary N) is 1. The number of hydrogen-bond donors (Lipinski definition) is 1. The van der Waals surface area contributed by atoms with Gasteiger partial charge < -0.3 is 29.2 Å². The van der Waals surface area contributed by atoms with Crippen LogP contribution in [0.3, 0.4) is 0 Å². The van der Waals surface area contributed by atoms with E-state index in [-0.39, 0.29) is 12.8 Å². The number of fused-ring (bicyclic) bond motifs is 1. The summed E-state index contributed by atoms with van der Waals surface area (Å²) >= 11 is 0. The largest absolute Gasteiger partial charge is 0.493 e. The maximum atomic E-state index is 12.4. The molecule has 1 N–H and O–H groups in total. The fraction of sp³-hybridized carbons (Fsp3) is 0.316. The molecule has 2 aromatic carbocycles. The van der Waals surface area contributed by atoms with Gasteiger partial charge in [0.1, 0.15) is 0 Å². The van der Waals surface area contributed by atoms with Gasteiger partial charge in [-0.15, -0.1) is 0 Å². The number of hydrogen-bond acceptors (Lipinski definition) is 5. The van der Waals surface area contributed by atoms with E-state index in [9.17, 15) is 4.79 Å². The first kappa shape index (κ1) is 17.7. The highest BCUT2D eigenvalue weighted by atomic mass is 16.7. The van der Waals surface area contributed by atoms with E-state index in [4.69, 9.17) is 18.9 Å². The van der Waals surface area contributed by atoms with Crippen molar-refractivity contribution in [1.29, 1.82) is 0 Å². The Morgan fingerprint density at radius 2 is 1.85 bits per heavy atom. The van der Waals surface area contributed by atoms with Crippen LogP contribution in [0.2, 0.25) is 0 Å². The van der Waals surface area contributed by atoms with E-state index in [0.29, 0.717) is 41.7 Å². The fourth-order valence-electron chi connectivity index (χ4n) is 2.63. The number of ether oxygens (including phenoxy) is 4. The average molecular weight is 358 g/mol. The summed E-state index contributed by atoms with van der Waals surface area (Å²) in [7, 11) is 4.96. The van der Waals surface area contributed by atoms with E-state index < -0.39 is 0 Å². The quantitative estimate of drug-likeness (QED) is 0.859. The van der Waals surface area contributed by atoms with Crippen molar-refractivity contribution in [2.24, 2.45) is 0 Å². The van der Waals surface area contributed by atoms with E-state index in [1.54, 1.807) is 44.4 Å². The van der Waals surface area contributed by atoms with Crippen LogP contribution in [0.25, 0.3) is 0 Å². The molecule has 138 valence electrons. The minimum Gasteiger partial charge on any atom is -0.493 e. The molecule has 26 heavy (non-hydrogen) atoms. The van der Waals surface area contributed by atoms with Crippen LogP contribution in [-0.2, 0) is 6.42 Å². The predicted octanol–water partition coefficient (Wildman–Crippen LogP) is 3.14. The number of benzene rings is 2. The van der Waals surface area contributed by atoms with Gasteiger partial charge in [0.2, 0.25) is 6.79 Å². The second kappa shape index (κ2) is 7.86. The molecule has 1 heterocycles. The van der Waals surface area contributed by atoms with Gasteiger partial charge in [0.15, 0.2) is 23.0 Å². The Kier molecular flexibility index (Phi) is 5.36. The third-order valence-electron chi connectivity index (χ3n) is 4.15. The van der Waals surface area contributed by atoms with E-state index in [2.05, 4.69) is 5.32 Å². The smallest absolute Gasteiger partial charge is 0.321 e. The molecule has 0 unspecified atom stereocenters. The van der Waals surface area contributed by atoms with E-state index in [0.717, 1.165) is 5.56 Å². The van der Waals surface area contributed by atoms with Crippen LogP contribution >= 0.6 is 0 Å². The molecule has 1 aliphatic rings. The number of rotatable bonds is 6. The van der Waals surface area contributed by atoms with Gasteiger partial charge in [-0.1, -0.05) is 6.07 Å². The molecule has 0 aliphatic carbocycles. The molecule has 1 aliphatic heterocycles. The maximum Gasteiger partial charge on any atom is 0.321 e. The topological polar surface area (TPSA) is 69.3 Å². The molecule has 0 saturated heterocycles. The molecular weight excluding hydrogens is 336 g/mol. The molecule has 0 atom stereocenters. The lowest BCUT2D eigenvalue weighted by Crippen LogP contribution is -2.32. The zero-order valence-corrected chi connectivity index (χ0v) is 15.1. The minimum absolute atomic E-state index is 0.190. The summed E-state index contributed by atoms with van der Waals surface area (Å²) in [6.45, 7) is 0.768. The molecule has 0 radical (unpaired) electrons. The van der Waals surface area contributed by atoms with Gasteiger partial charge in [-0.05, 0) is 36.2 Å². The monoisotopic (exact) mass is 358 g/mol. The summed E-state index contributed by atoms with van der Waals surface area (Å²) in [6.07, 6.45) is 0.700. The number of nitrogens with zero attached hydrogens (tertiary/aromatic N) is 1. The first-order chi connectivity index (χ1) is 12.6. The van der Waals surface area contributed by atoms with Gasteiger partial charge in [0, 0.05) is 25.3 Å². The van der Waals surface area contributed by atoms with Crippen LogP contribution < -0.4 is 24.3 Å². The van der Waals surface area contributed by atoms with Crippen LogP contribution in [0.1, 0.15) is 5.56 Å². The van der Waals surface area contributed by atoms with Gasteiger partial charge >= 0.3 is 6.03 Å². The van der Waals surface area contributed by atoms with Gasteiger partial charge in [0.25, 0.3) is 0 Å². The van der Waals surface area contributed by atoms with Crippen LogP contribution in [0.4, 0.5) is 10.5 Å². The number of carbonyl (C=O) groups is 1. The minimum atomic E-state index is -0.190. The highest BCUT2D eigenvalue weighted by Gasteiger charge is 2.15. The van der Waals surface area contributed by atoms with Crippen molar-refractivity contribution in [3.05, 3.63) is 42.0 Å². The summed E-state index contributed by atoms with van der Waals surface area (Å²) in [4.78, 5) is 14.0. The summed E-state index contributed by atoms with van der Waals surface area (Å²) in [5.41, 5.74) is 1.72. The van der Waals surface area contributed by atoms with Crippen LogP contribution in [0, 0.1) is 0 Å². The highest BCUT2D eigenvalue weighted by molar-refractivity contribution is 5.89. The van der Waals surface area contributed by atoms with Crippen molar-refractivity contribution in [1.82, 2.24) is 4.90 Å². The fourth-order valence-corrected chi connectivity index (χ4v) is 2.63. The summed E-state index contributed by atoms with van der Waals surface area (Å²) < 4.78 is 21.1. The Hall–Kier alpha value is -3.09. The van der Waals surface area contributed by atoms with E-state index >= 15 is 0 Å². The normalized spacial score (nSPS) is 11.8. The van der Waals surface area contributed by atoms with Crippen LogP contribution in [-0.4, -0.2) is 45.5 Å². The molecule has 0 aromatic heterocycles. The standard InChI is InChI=1S/C19H22N2O5/c1-21(9-8-13-4-6-15(23-2)17(10-13)24-3)19(22)20-14-5-7-16-18(11-14)26-12-25-16/h4-7,10-11H,8-9,12H2,1-3H3,(H,20,22). The van der Waals surface area contributed by atoms with E-state index in [1.165, 1.54) is 0 Å². The molecular formula is C19H22N2O5. The third kappa shape index (κ3) is 3.93. The predicted molar refractivity (Wildman–Crippen MR) is 97.5 cm³/mol. The molecule has 0 saturated carbocycles. The average Bonchev–Trinajstić information content (AvgIpc) is 3.13. The first-order valence-electron chi connectivity index (χ1n) is 8.23. The van der Waals surface area contributed by atoms with Gasteiger partial charge in [-0.2, -0.15) is 0 Å². The van der Waals surface area contributed by atoms with Crippen LogP contribution in [0.15, 0.2) is 36.4 Å². The Balaban J connectivity index is 1.56. The summed E-state index contributed by atoms with van der Waals surface area (Å²) in [5, 5.41) is 2.86. The lowest BCUT2D eigenvalue weighted by molar-refractivity contribution is 0.174. The second-order valence-electron chi connectivity index (χ2n) is 5.86. The number of carbonyl (C=O) groups excluding carboxylic acids is 1. The molecule has 0 spiro atoms. The number of amides is 2. The first-order valence-corrected chi connectivity index (χ1v) is 8.23. The van der Waals surface area contributed by atoms with E-state index in [1.807, 2.05) is 18.2 Å². The van der Waals surface area contributed by atoms with Gasteiger partial charge in [-0.3, -0.25) is 0 Å². The Morgan fingerprint density at radius 1 is 1.08 bits per heavy atom. The van der Waals surface area contributed by atoms with Crippen molar-refractivity contribution in [3.8, 4) is 23.0 Å². The molecule has 7 heteroatoms. The van der Waals surface area contributed by atoms with Gasteiger partial charge in [-0.25, -0.2) is 4.79 Å².